The van der Waals surface area contributed by atoms with Crippen LogP contribution in [0.25, 0.3) is 11.0 Å². The maximum absolute atomic E-state index is 12.4. The number of carbonyl (C=O) groups is 1. The number of fused-ring (bicyclic) bond motifs is 1. The molecule has 2 fully saturated rings. The number of hydrogen-bond acceptors (Lipinski definition) is 9. The summed E-state index contributed by atoms with van der Waals surface area (Å²) < 4.78 is 5.81. The number of aliphatic hydroxyl groups excluding tert-OH is 3. The molecule has 2 aliphatic heterocycles. The average molecular weight is 392 g/mol. The molecule has 4 rings (SSSR count). The highest BCUT2D eigenvalue weighted by Crippen LogP contribution is 2.25. The van der Waals surface area contributed by atoms with Crippen LogP contribution >= 0.6 is 0 Å². The minimum absolute atomic E-state index is 0.430. The first-order chi connectivity index (χ1) is 13.5. The van der Waals surface area contributed by atoms with Gasteiger partial charge in [0.2, 0.25) is 5.91 Å². The smallest absolute Gasteiger partial charge is 0.240 e. The average Bonchev–Trinajstić information content (AvgIpc) is 3.32. The first-order valence-electron chi connectivity index (χ1n) is 9.23. The fourth-order valence-electron chi connectivity index (χ4n) is 3.71. The quantitative estimate of drug-likeness (QED) is 0.313. The summed E-state index contributed by atoms with van der Waals surface area (Å²) in [5.74, 6) is -0.00813. The first-order valence-corrected chi connectivity index (χ1v) is 9.23. The van der Waals surface area contributed by atoms with Gasteiger partial charge in [0.05, 0.1) is 23.8 Å². The lowest BCUT2D eigenvalue weighted by Gasteiger charge is -2.42. The number of aliphatic hydroxyl groups is 3. The van der Waals surface area contributed by atoms with Crippen molar-refractivity contribution in [3.8, 4) is 0 Å². The summed E-state index contributed by atoms with van der Waals surface area (Å²) in [6, 6.07) is 0.218. The molecule has 11 heteroatoms. The van der Waals surface area contributed by atoms with Crippen LogP contribution in [0, 0.1) is 0 Å². The van der Waals surface area contributed by atoms with Gasteiger partial charge in [-0.3, -0.25) is 4.79 Å². The third kappa shape index (κ3) is 3.42. The van der Waals surface area contributed by atoms with Crippen molar-refractivity contribution >= 4 is 22.8 Å². The van der Waals surface area contributed by atoms with Gasteiger partial charge in [-0.05, 0) is 26.0 Å². The zero-order valence-corrected chi connectivity index (χ0v) is 15.2. The van der Waals surface area contributed by atoms with Gasteiger partial charge < -0.3 is 41.0 Å². The van der Waals surface area contributed by atoms with Crippen molar-refractivity contribution in [3.05, 3.63) is 18.6 Å². The molecule has 4 heterocycles. The molecule has 0 aliphatic carbocycles. The Balaban J connectivity index is 1.45. The SMILES string of the molecule is C[C@@H]1O[C@H](Nc2ncnc3cc[nH]c23)[C@@H](O)[C@H](O)[C@H]1NC(=O)[C@@H]1NCC[C@@H]1O. The predicted molar refractivity (Wildman–Crippen MR) is 98.2 cm³/mol. The van der Waals surface area contributed by atoms with Crippen LogP contribution in [-0.2, 0) is 9.53 Å². The van der Waals surface area contributed by atoms with Crippen molar-refractivity contribution in [1.82, 2.24) is 25.6 Å². The van der Waals surface area contributed by atoms with Crippen molar-refractivity contribution in [2.24, 2.45) is 0 Å². The molecule has 28 heavy (non-hydrogen) atoms. The van der Waals surface area contributed by atoms with E-state index < -0.39 is 48.6 Å². The number of aromatic nitrogens is 3. The number of H-pyrrole nitrogens is 1. The van der Waals surface area contributed by atoms with Crippen molar-refractivity contribution < 1.29 is 24.9 Å². The molecule has 2 saturated heterocycles. The van der Waals surface area contributed by atoms with Crippen LogP contribution < -0.4 is 16.0 Å². The van der Waals surface area contributed by atoms with Crippen LogP contribution in [-0.4, -0.2) is 85.5 Å². The summed E-state index contributed by atoms with van der Waals surface area (Å²) in [6.45, 7) is 2.23. The molecular weight excluding hydrogens is 368 g/mol. The zero-order valence-electron chi connectivity index (χ0n) is 15.2. The Morgan fingerprint density at radius 3 is 2.86 bits per heavy atom. The van der Waals surface area contributed by atoms with Crippen LogP contribution in [0.1, 0.15) is 13.3 Å². The molecule has 11 nitrogen and oxygen atoms in total. The van der Waals surface area contributed by atoms with Gasteiger partial charge in [0.25, 0.3) is 0 Å². The molecule has 7 N–H and O–H groups in total. The summed E-state index contributed by atoms with van der Waals surface area (Å²) in [6.07, 6.45) is -1.31. The molecule has 1 amide bonds. The predicted octanol–water partition coefficient (Wildman–Crippen LogP) is -1.96. The number of anilines is 1. The van der Waals surface area contributed by atoms with Gasteiger partial charge in [-0.1, -0.05) is 0 Å². The lowest BCUT2D eigenvalue weighted by Crippen LogP contribution is -2.65. The second kappa shape index (κ2) is 7.60. The monoisotopic (exact) mass is 392 g/mol. The summed E-state index contributed by atoms with van der Waals surface area (Å²) in [4.78, 5) is 23.7. The van der Waals surface area contributed by atoms with E-state index in [0.717, 1.165) is 0 Å². The van der Waals surface area contributed by atoms with Crippen molar-refractivity contribution in [2.45, 2.75) is 56.1 Å². The molecular formula is C17H24N6O5. The van der Waals surface area contributed by atoms with E-state index in [1.165, 1.54) is 6.33 Å². The standard InChI is InChI=1S/C17H24N6O5/c1-7-10(22-16(27)12-9(24)3-5-19-12)13(25)14(26)17(28-7)23-15-11-8(2-4-18-11)20-6-21-15/h2,4,6-7,9-10,12-14,17-19,24-26H,3,5H2,1H3,(H,22,27)(H,20,21,23)/t7-,9-,10-,12+,13+,14-,17-/m0/s1. The summed E-state index contributed by atoms with van der Waals surface area (Å²) in [7, 11) is 0. The Kier molecular flexibility index (Phi) is 5.17. The van der Waals surface area contributed by atoms with E-state index in [1.54, 1.807) is 19.2 Å². The minimum Gasteiger partial charge on any atom is -0.391 e. The van der Waals surface area contributed by atoms with Crippen LogP contribution in [0.2, 0.25) is 0 Å². The van der Waals surface area contributed by atoms with Gasteiger partial charge in [-0.2, -0.15) is 0 Å². The topological polar surface area (TPSA) is 165 Å². The number of rotatable bonds is 4. The van der Waals surface area contributed by atoms with E-state index in [-0.39, 0.29) is 0 Å². The summed E-state index contributed by atoms with van der Waals surface area (Å²) in [5.41, 5.74) is 1.35. The fourth-order valence-corrected chi connectivity index (χ4v) is 3.71. The highest BCUT2D eigenvalue weighted by molar-refractivity contribution is 5.85. The van der Waals surface area contributed by atoms with Gasteiger partial charge >= 0.3 is 0 Å². The van der Waals surface area contributed by atoms with Crippen LogP contribution in [0.4, 0.5) is 5.82 Å². The van der Waals surface area contributed by atoms with E-state index in [0.29, 0.717) is 29.8 Å². The molecule has 2 aliphatic rings. The van der Waals surface area contributed by atoms with Crippen molar-refractivity contribution in [2.75, 3.05) is 11.9 Å². The van der Waals surface area contributed by atoms with Gasteiger partial charge in [0.15, 0.2) is 12.0 Å². The summed E-state index contributed by atoms with van der Waals surface area (Å²) >= 11 is 0. The molecule has 2 aromatic heterocycles. The number of nitrogens with one attached hydrogen (secondary N) is 4. The zero-order chi connectivity index (χ0) is 19.8. The van der Waals surface area contributed by atoms with Crippen LogP contribution in [0.15, 0.2) is 18.6 Å². The van der Waals surface area contributed by atoms with Gasteiger partial charge in [0.1, 0.15) is 30.1 Å². The molecule has 0 aromatic carbocycles. The van der Waals surface area contributed by atoms with Crippen LogP contribution in [0.3, 0.4) is 0 Å². The molecule has 7 atom stereocenters. The number of hydrogen-bond donors (Lipinski definition) is 7. The van der Waals surface area contributed by atoms with E-state index in [1.807, 2.05) is 0 Å². The highest BCUT2D eigenvalue weighted by atomic mass is 16.5. The van der Waals surface area contributed by atoms with Gasteiger partial charge in [-0.15, -0.1) is 0 Å². The lowest BCUT2D eigenvalue weighted by molar-refractivity contribution is -0.173. The molecule has 0 unspecified atom stereocenters. The number of carbonyl (C=O) groups excluding carboxylic acids is 1. The van der Waals surface area contributed by atoms with Crippen molar-refractivity contribution in [1.29, 1.82) is 0 Å². The number of amides is 1. The third-order valence-corrected chi connectivity index (χ3v) is 5.30. The molecule has 152 valence electrons. The highest BCUT2D eigenvalue weighted by Gasteiger charge is 2.45. The fraction of sp³-hybridized carbons (Fsp3) is 0.588. The molecule has 2 aromatic rings. The Hall–Kier alpha value is -2.31. The Labute approximate surface area is 160 Å². The van der Waals surface area contributed by atoms with Gasteiger partial charge in [-0.25, -0.2) is 9.97 Å². The van der Waals surface area contributed by atoms with E-state index in [9.17, 15) is 20.1 Å². The number of aromatic amines is 1. The lowest BCUT2D eigenvalue weighted by atomic mass is 9.95. The number of nitrogens with zero attached hydrogens (tertiary/aromatic N) is 2. The first kappa shape index (κ1) is 19.0. The molecule has 0 bridgehead atoms. The Morgan fingerprint density at radius 2 is 2.11 bits per heavy atom. The van der Waals surface area contributed by atoms with Crippen LogP contribution in [0.5, 0.6) is 0 Å². The Bertz CT molecular complexity index is 846. The van der Waals surface area contributed by atoms with E-state index in [2.05, 4.69) is 30.9 Å². The maximum atomic E-state index is 12.4. The van der Waals surface area contributed by atoms with E-state index >= 15 is 0 Å². The normalized spacial score (nSPS) is 35.8. The second-order valence-electron chi connectivity index (χ2n) is 7.17. The number of ether oxygens (including phenoxy) is 1. The minimum atomic E-state index is -1.32. The van der Waals surface area contributed by atoms with E-state index in [4.69, 9.17) is 4.74 Å². The second-order valence-corrected chi connectivity index (χ2v) is 7.17. The molecule has 0 radical (unpaired) electrons. The molecule has 0 spiro atoms. The Morgan fingerprint density at radius 1 is 1.29 bits per heavy atom. The summed E-state index contributed by atoms with van der Waals surface area (Å²) in [5, 5.41) is 39.5. The largest absolute Gasteiger partial charge is 0.391 e. The van der Waals surface area contributed by atoms with Crippen molar-refractivity contribution in [3.63, 3.8) is 0 Å². The third-order valence-electron chi connectivity index (χ3n) is 5.30. The van der Waals surface area contributed by atoms with Gasteiger partial charge in [0, 0.05) is 6.20 Å². The molecule has 0 saturated carbocycles. The maximum Gasteiger partial charge on any atom is 0.240 e.